The van der Waals surface area contributed by atoms with E-state index in [-0.39, 0.29) is 23.5 Å². The van der Waals surface area contributed by atoms with Crippen molar-refractivity contribution >= 4 is 23.4 Å². The first-order valence-corrected chi connectivity index (χ1v) is 8.73. The van der Waals surface area contributed by atoms with Crippen molar-refractivity contribution < 1.29 is 37.3 Å². The number of hydrogen-bond acceptors (Lipinski definition) is 5. The van der Waals surface area contributed by atoms with E-state index >= 15 is 0 Å². The van der Waals surface area contributed by atoms with E-state index in [9.17, 15) is 22.8 Å². The number of nitrogen functional groups attached to an aromatic ring is 1. The van der Waals surface area contributed by atoms with Crippen LogP contribution in [0, 0.1) is 0 Å². The normalized spacial score (nSPS) is 11.7. The summed E-state index contributed by atoms with van der Waals surface area (Å²) in [5.41, 5.74) is 5.76. The van der Waals surface area contributed by atoms with Crippen molar-refractivity contribution in [2.75, 3.05) is 10.6 Å². The van der Waals surface area contributed by atoms with Crippen LogP contribution in [0.1, 0.15) is 36.7 Å². The molecule has 0 bridgehead atoms. The highest BCUT2D eigenvalue weighted by Crippen LogP contribution is 2.29. The summed E-state index contributed by atoms with van der Waals surface area (Å²) in [5.74, 6) is -1.59. The molecule has 0 unspecified atom stereocenters. The van der Waals surface area contributed by atoms with Crippen LogP contribution in [0.25, 0.3) is 0 Å². The first-order chi connectivity index (χ1) is 13.7. The zero-order valence-corrected chi connectivity index (χ0v) is 16.5. The molecule has 10 heteroatoms. The van der Waals surface area contributed by atoms with Crippen molar-refractivity contribution in [2.45, 2.75) is 39.3 Å². The lowest BCUT2D eigenvalue weighted by Gasteiger charge is -2.28. The van der Waals surface area contributed by atoms with Gasteiger partial charge >= 0.3 is 18.4 Å². The standard InChI is InChI=1S/C20H21F3N2O5/c1-19(2,3)30-18(28)25(16-9-6-13(17(26)27)10-15(16)24)11-12-4-7-14(8-5-12)29-20(21,22)23/h4-10H,11,24H2,1-3H3,(H,26,27). The molecule has 30 heavy (non-hydrogen) atoms. The third-order valence-corrected chi connectivity index (χ3v) is 3.68. The largest absolute Gasteiger partial charge is 0.573 e. The zero-order chi connectivity index (χ0) is 22.7. The fraction of sp³-hybridized carbons (Fsp3) is 0.300. The van der Waals surface area contributed by atoms with Gasteiger partial charge in [-0.05, 0) is 56.7 Å². The number of aromatic carboxylic acids is 1. The number of halogens is 3. The first kappa shape index (κ1) is 22.9. The molecule has 2 aromatic carbocycles. The number of anilines is 2. The Labute approximate surface area is 170 Å². The number of alkyl halides is 3. The van der Waals surface area contributed by atoms with Crippen molar-refractivity contribution in [3.63, 3.8) is 0 Å². The number of nitrogens with two attached hydrogens (primary N) is 1. The van der Waals surface area contributed by atoms with Crippen LogP contribution >= 0.6 is 0 Å². The number of carboxylic acid groups (broad SMARTS) is 1. The highest BCUT2D eigenvalue weighted by Gasteiger charge is 2.31. The molecule has 0 saturated heterocycles. The van der Waals surface area contributed by atoms with E-state index in [1.54, 1.807) is 20.8 Å². The summed E-state index contributed by atoms with van der Waals surface area (Å²) in [4.78, 5) is 25.0. The van der Waals surface area contributed by atoms with Gasteiger partial charge < -0.3 is 20.3 Å². The lowest BCUT2D eigenvalue weighted by Crippen LogP contribution is -2.37. The van der Waals surface area contributed by atoms with Gasteiger partial charge in [0, 0.05) is 0 Å². The number of ether oxygens (including phenoxy) is 2. The summed E-state index contributed by atoms with van der Waals surface area (Å²) in [5, 5.41) is 9.09. The molecule has 1 amide bonds. The smallest absolute Gasteiger partial charge is 0.478 e. The van der Waals surface area contributed by atoms with Crippen LogP contribution in [0.2, 0.25) is 0 Å². The van der Waals surface area contributed by atoms with E-state index < -0.39 is 29.8 Å². The molecule has 0 aliphatic carbocycles. The Bertz CT molecular complexity index is 922. The summed E-state index contributed by atoms with van der Waals surface area (Å²) in [6, 6.07) is 8.81. The first-order valence-electron chi connectivity index (χ1n) is 8.73. The molecule has 0 aliphatic rings. The van der Waals surface area contributed by atoms with Crippen molar-refractivity contribution in [3.8, 4) is 5.75 Å². The predicted octanol–water partition coefficient (Wildman–Crippen LogP) is 4.81. The Kier molecular flexibility index (Phi) is 6.49. The topological polar surface area (TPSA) is 102 Å². The number of hydrogen-bond donors (Lipinski definition) is 2. The number of carbonyl (C=O) groups excluding carboxylic acids is 1. The van der Waals surface area contributed by atoms with Crippen LogP contribution in [0.5, 0.6) is 5.75 Å². The molecule has 2 rings (SSSR count). The van der Waals surface area contributed by atoms with Crippen molar-refractivity contribution in [3.05, 3.63) is 53.6 Å². The summed E-state index contributed by atoms with van der Waals surface area (Å²) in [7, 11) is 0. The molecule has 0 atom stereocenters. The molecule has 0 radical (unpaired) electrons. The molecule has 0 saturated carbocycles. The fourth-order valence-electron chi connectivity index (χ4n) is 2.48. The number of rotatable bonds is 5. The average Bonchev–Trinajstić information content (AvgIpc) is 2.58. The maximum absolute atomic E-state index is 12.7. The second-order valence-corrected chi connectivity index (χ2v) is 7.34. The average molecular weight is 426 g/mol. The SMILES string of the molecule is CC(C)(C)OC(=O)N(Cc1ccc(OC(F)(F)F)cc1)c1ccc(C(=O)O)cc1N. The molecule has 3 N–H and O–H groups in total. The minimum atomic E-state index is -4.82. The monoisotopic (exact) mass is 426 g/mol. The summed E-state index contributed by atoms with van der Waals surface area (Å²) >= 11 is 0. The van der Waals surface area contributed by atoms with E-state index in [4.69, 9.17) is 15.6 Å². The van der Waals surface area contributed by atoms with Gasteiger partial charge in [0.2, 0.25) is 0 Å². The number of carbonyl (C=O) groups is 2. The maximum Gasteiger partial charge on any atom is 0.573 e. The highest BCUT2D eigenvalue weighted by atomic mass is 19.4. The third kappa shape index (κ3) is 6.57. The highest BCUT2D eigenvalue weighted by molar-refractivity contribution is 5.95. The van der Waals surface area contributed by atoms with Crippen LogP contribution in [0.15, 0.2) is 42.5 Å². The van der Waals surface area contributed by atoms with Gasteiger partial charge in [-0.2, -0.15) is 0 Å². The Morgan fingerprint density at radius 3 is 2.13 bits per heavy atom. The molecule has 2 aromatic rings. The second-order valence-electron chi connectivity index (χ2n) is 7.34. The van der Waals surface area contributed by atoms with Gasteiger partial charge in [-0.1, -0.05) is 12.1 Å². The third-order valence-electron chi connectivity index (χ3n) is 3.68. The molecule has 0 spiro atoms. The van der Waals surface area contributed by atoms with E-state index in [1.165, 1.54) is 35.2 Å². The summed E-state index contributed by atoms with van der Waals surface area (Å²) in [6.07, 6.45) is -5.57. The van der Waals surface area contributed by atoms with Gasteiger partial charge in [0.25, 0.3) is 0 Å². The van der Waals surface area contributed by atoms with Gasteiger partial charge in [-0.15, -0.1) is 13.2 Å². The quantitative estimate of drug-likeness (QED) is 0.666. The minimum Gasteiger partial charge on any atom is -0.478 e. The Morgan fingerprint density at radius 2 is 1.67 bits per heavy atom. The predicted molar refractivity (Wildman–Crippen MR) is 103 cm³/mol. The molecule has 162 valence electrons. The molecular formula is C20H21F3N2O5. The van der Waals surface area contributed by atoms with E-state index in [0.29, 0.717) is 5.56 Å². The van der Waals surface area contributed by atoms with E-state index in [1.807, 2.05) is 0 Å². The van der Waals surface area contributed by atoms with Crippen LogP contribution in [-0.4, -0.2) is 29.1 Å². The molecule has 0 heterocycles. The number of nitrogens with zero attached hydrogens (tertiary/aromatic N) is 1. The maximum atomic E-state index is 12.7. The van der Waals surface area contributed by atoms with Crippen molar-refractivity contribution in [1.29, 1.82) is 0 Å². The van der Waals surface area contributed by atoms with E-state index in [0.717, 1.165) is 12.1 Å². The molecular weight excluding hydrogens is 405 g/mol. The van der Waals surface area contributed by atoms with Crippen LogP contribution in [-0.2, 0) is 11.3 Å². The zero-order valence-electron chi connectivity index (χ0n) is 16.5. The Hall–Kier alpha value is -3.43. The van der Waals surface area contributed by atoms with Gasteiger partial charge in [-0.3, -0.25) is 4.90 Å². The van der Waals surface area contributed by atoms with Crippen LogP contribution in [0.3, 0.4) is 0 Å². The fourth-order valence-corrected chi connectivity index (χ4v) is 2.48. The van der Waals surface area contributed by atoms with Gasteiger partial charge in [0.15, 0.2) is 0 Å². The van der Waals surface area contributed by atoms with Gasteiger partial charge in [0.1, 0.15) is 11.4 Å². The molecule has 0 aromatic heterocycles. The number of amides is 1. The van der Waals surface area contributed by atoms with Gasteiger partial charge in [0.05, 0.1) is 23.5 Å². The number of benzene rings is 2. The summed E-state index contributed by atoms with van der Waals surface area (Å²) in [6.45, 7) is 4.92. The summed E-state index contributed by atoms with van der Waals surface area (Å²) < 4.78 is 46.2. The van der Waals surface area contributed by atoms with Crippen molar-refractivity contribution in [1.82, 2.24) is 0 Å². The number of carboxylic acids is 1. The Morgan fingerprint density at radius 1 is 1.07 bits per heavy atom. The van der Waals surface area contributed by atoms with Crippen LogP contribution < -0.4 is 15.4 Å². The molecule has 7 nitrogen and oxygen atoms in total. The lowest BCUT2D eigenvalue weighted by atomic mass is 10.1. The molecule has 0 aliphatic heterocycles. The van der Waals surface area contributed by atoms with Gasteiger partial charge in [-0.25, -0.2) is 9.59 Å². The van der Waals surface area contributed by atoms with Crippen LogP contribution in [0.4, 0.5) is 29.3 Å². The van der Waals surface area contributed by atoms with E-state index in [2.05, 4.69) is 4.74 Å². The second kappa shape index (κ2) is 8.52. The lowest BCUT2D eigenvalue weighted by molar-refractivity contribution is -0.274. The molecule has 0 fully saturated rings. The minimum absolute atomic E-state index is 0.0257. The van der Waals surface area contributed by atoms with Crippen molar-refractivity contribution in [2.24, 2.45) is 0 Å². The Balaban J connectivity index is 2.35.